The van der Waals surface area contributed by atoms with Crippen LogP contribution in [-0.2, 0) is 0 Å². The van der Waals surface area contributed by atoms with E-state index in [1.165, 1.54) is 0 Å². The number of hydrogen-bond donors (Lipinski definition) is 2. The van der Waals surface area contributed by atoms with E-state index in [1.54, 1.807) is 24.8 Å². The van der Waals surface area contributed by atoms with E-state index in [1.807, 2.05) is 54.6 Å². The molecule has 5 aromatic rings. The van der Waals surface area contributed by atoms with Crippen LogP contribution < -0.4 is 10.5 Å². The van der Waals surface area contributed by atoms with Crippen molar-refractivity contribution in [2.75, 3.05) is 5.73 Å². The third-order valence-corrected chi connectivity index (χ3v) is 4.57. The molecule has 0 unspecified atom stereocenters. The zero-order valence-corrected chi connectivity index (χ0v) is 15.3. The summed E-state index contributed by atoms with van der Waals surface area (Å²) in [5.74, 6) is 1.95. The number of ether oxygens (including phenoxy) is 1. The topological polar surface area (TPSA) is 103 Å². The van der Waals surface area contributed by atoms with Crippen LogP contribution >= 0.6 is 0 Å². The Morgan fingerprint density at radius 3 is 2.38 bits per heavy atom. The Balaban J connectivity index is 1.55. The molecule has 7 heteroatoms. The number of fused-ring (bicyclic) bond motifs is 1. The number of aromatic nitrogens is 5. The van der Waals surface area contributed by atoms with Gasteiger partial charge in [-0.2, -0.15) is 5.10 Å². The number of nitrogens with one attached hydrogen (secondary N) is 1. The van der Waals surface area contributed by atoms with Gasteiger partial charge in [0.2, 0.25) is 0 Å². The number of H-pyrrole nitrogens is 1. The summed E-state index contributed by atoms with van der Waals surface area (Å²) in [6, 6.07) is 17.4. The van der Waals surface area contributed by atoms with Gasteiger partial charge in [-0.15, -0.1) is 0 Å². The van der Waals surface area contributed by atoms with E-state index in [9.17, 15) is 0 Å². The summed E-state index contributed by atoms with van der Waals surface area (Å²) in [6.45, 7) is 0. The van der Waals surface area contributed by atoms with Gasteiger partial charge in [-0.1, -0.05) is 30.3 Å². The number of anilines is 1. The van der Waals surface area contributed by atoms with Crippen molar-refractivity contribution in [1.82, 2.24) is 25.1 Å². The SMILES string of the molecule is Nc1n[nH]c2c(-c3cnccn3)ncc(-c3ccc(Oc4ccccc4)cc3)c12. The smallest absolute Gasteiger partial charge is 0.153 e. The van der Waals surface area contributed by atoms with Crippen LogP contribution in [0.3, 0.4) is 0 Å². The Labute approximate surface area is 166 Å². The Hall–Kier alpha value is -4.26. The summed E-state index contributed by atoms with van der Waals surface area (Å²) in [5, 5.41) is 7.96. The molecule has 3 heterocycles. The Morgan fingerprint density at radius 1 is 0.828 bits per heavy atom. The fourth-order valence-corrected chi connectivity index (χ4v) is 3.22. The van der Waals surface area contributed by atoms with Crippen LogP contribution in [0.1, 0.15) is 0 Å². The number of nitrogens with zero attached hydrogens (tertiary/aromatic N) is 4. The molecular weight excluding hydrogens is 364 g/mol. The van der Waals surface area contributed by atoms with Crippen molar-refractivity contribution in [3.8, 4) is 34.0 Å². The highest BCUT2D eigenvalue weighted by atomic mass is 16.5. The second kappa shape index (κ2) is 7.05. The van der Waals surface area contributed by atoms with Crippen LogP contribution in [0.15, 0.2) is 79.4 Å². The van der Waals surface area contributed by atoms with Gasteiger partial charge in [-0.25, -0.2) is 0 Å². The zero-order valence-electron chi connectivity index (χ0n) is 15.3. The number of pyridine rings is 1. The van der Waals surface area contributed by atoms with Gasteiger partial charge in [0.15, 0.2) is 5.82 Å². The van der Waals surface area contributed by atoms with Gasteiger partial charge in [0, 0.05) is 24.2 Å². The van der Waals surface area contributed by atoms with Crippen LogP contribution in [-0.4, -0.2) is 25.1 Å². The molecule has 0 radical (unpaired) electrons. The van der Waals surface area contributed by atoms with E-state index in [0.717, 1.165) is 33.5 Å². The van der Waals surface area contributed by atoms with Crippen LogP contribution in [0, 0.1) is 0 Å². The van der Waals surface area contributed by atoms with E-state index in [0.29, 0.717) is 17.2 Å². The fraction of sp³-hybridized carbons (Fsp3) is 0. The first-order valence-corrected chi connectivity index (χ1v) is 9.02. The Kier molecular flexibility index (Phi) is 4.10. The lowest BCUT2D eigenvalue weighted by molar-refractivity contribution is 0.483. The minimum absolute atomic E-state index is 0.409. The summed E-state index contributed by atoms with van der Waals surface area (Å²) < 4.78 is 5.87. The quantitative estimate of drug-likeness (QED) is 0.477. The second-order valence-electron chi connectivity index (χ2n) is 6.41. The normalized spacial score (nSPS) is 10.9. The van der Waals surface area contributed by atoms with Gasteiger partial charge in [-0.05, 0) is 29.8 Å². The van der Waals surface area contributed by atoms with Gasteiger partial charge in [0.1, 0.15) is 22.9 Å². The van der Waals surface area contributed by atoms with E-state index in [2.05, 4.69) is 25.1 Å². The highest BCUT2D eigenvalue weighted by Gasteiger charge is 2.16. The highest BCUT2D eigenvalue weighted by molar-refractivity contribution is 6.06. The fourth-order valence-electron chi connectivity index (χ4n) is 3.22. The molecule has 0 atom stereocenters. The predicted octanol–water partition coefficient (Wildman–Crippen LogP) is 4.46. The molecule has 5 rings (SSSR count). The number of nitrogen functional groups attached to an aromatic ring is 1. The molecule has 0 spiro atoms. The van der Waals surface area contributed by atoms with Gasteiger partial charge >= 0.3 is 0 Å². The molecule has 0 saturated carbocycles. The first-order valence-electron chi connectivity index (χ1n) is 9.02. The number of benzene rings is 2. The summed E-state index contributed by atoms with van der Waals surface area (Å²) in [4.78, 5) is 13.0. The highest BCUT2D eigenvalue weighted by Crippen LogP contribution is 2.35. The molecule has 0 aliphatic rings. The molecule has 7 nitrogen and oxygen atoms in total. The maximum absolute atomic E-state index is 6.16. The summed E-state index contributed by atoms with van der Waals surface area (Å²) >= 11 is 0. The van der Waals surface area contributed by atoms with Crippen molar-refractivity contribution in [3.63, 3.8) is 0 Å². The third kappa shape index (κ3) is 3.14. The average molecular weight is 380 g/mol. The maximum Gasteiger partial charge on any atom is 0.153 e. The van der Waals surface area contributed by atoms with Crippen molar-refractivity contribution < 1.29 is 4.74 Å². The molecule has 29 heavy (non-hydrogen) atoms. The lowest BCUT2D eigenvalue weighted by atomic mass is 10.0. The molecule has 0 amide bonds. The summed E-state index contributed by atoms with van der Waals surface area (Å²) in [6.07, 6.45) is 6.69. The standard InChI is InChI=1S/C22H16N6O/c23-22-19-17(12-26-20(21(19)27-28-22)18-13-24-10-11-25-18)14-6-8-16(9-7-14)29-15-4-2-1-3-5-15/h1-13H,(H3,23,27,28). The van der Waals surface area contributed by atoms with Crippen molar-refractivity contribution in [3.05, 3.63) is 79.4 Å². The lowest BCUT2D eigenvalue weighted by Crippen LogP contribution is -1.93. The molecular formula is C22H16N6O. The number of nitrogens with two attached hydrogens (primary N) is 1. The monoisotopic (exact) mass is 380 g/mol. The lowest BCUT2D eigenvalue weighted by Gasteiger charge is -2.09. The average Bonchev–Trinajstić information content (AvgIpc) is 3.17. The van der Waals surface area contributed by atoms with Gasteiger partial charge in [0.25, 0.3) is 0 Å². The molecule has 0 aliphatic heterocycles. The zero-order chi connectivity index (χ0) is 19.6. The molecule has 3 aromatic heterocycles. The Bertz CT molecular complexity index is 1270. The largest absolute Gasteiger partial charge is 0.457 e. The third-order valence-electron chi connectivity index (χ3n) is 4.57. The minimum Gasteiger partial charge on any atom is -0.457 e. The number of para-hydroxylation sites is 1. The van der Waals surface area contributed by atoms with Crippen molar-refractivity contribution in [2.45, 2.75) is 0 Å². The molecule has 3 N–H and O–H groups in total. The Morgan fingerprint density at radius 2 is 1.62 bits per heavy atom. The first kappa shape index (κ1) is 16.9. The maximum atomic E-state index is 6.16. The molecule has 0 aliphatic carbocycles. The number of aromatic amines is 1. The van der Waals surface area contributed by atoms with Crippen LogP contribution in [0.4, 0.5) is 5.82 Å². The molecule has 140 valence electrons. The second-order valence-corrected chi connectivity index (χ2v) is 6.41. The summed E-state index contributed by atoms with van der Waals surface area (Å²) in [5.41, 5.74) is 10.0. The minimum atomic E-state index is 0.409. The predicted molar refractivity (Wildman–Crippen MR) is 111 cm³/mol. The molecule has 2 aromatic carbocycles. The van der Waals surface area contributed by atoms with Crippen LogP contribution in [0.25, 0.3) is 33.4 Å². The molecule has 0 bridgehead atoms. The number of rotatable bonds is 4. The molecule has 0 saturated heterocycles. The molecule has 0 fully saturated rings. The van der Waals surface area contributed by atoms with Crippen molar-refractivity contribution >= 4 is 16.7 Å². The van der Waals surface area contributed by atoms with E-state index in [-0.39, 0.29) is 0 Å². The summed E-state index contributed by atoms with van der Waals surface area (Å²) in [7, 11) is 0. The van der Waals surface area contributed by atoms with Crippen molar-refractivity contribution in [1.29, 1.82) is 0 Å². The van der Waals surface area contributed by atoms with Crippen molar-refractivity contribution in [2.24, 2.45) is 0 Å². The van der Waals surface area contributed by atoms with Gasteiger partial charge in [-0.3, -0.25) is 20.1 Å². The van der Waals surface area contributed by atoms with Crippen LogP contribution in [0.5, 0.6) is 11.5 Å². The van der Waals surface area contributed by atoms with E-state index < -0.39 is 0 Å². The first-order chi connectivity index (χ1) is 14.3. The van der Waals surface area contributed by atoms with E-state index >= 15 is 0 Å². The van der Waals surface area contributed by atoms with Crippen LogP contribution in [0.2, 0.25) is 0 Å². The van der Waals surface area contributed by atoms with E-state index in [4.69, 9.17) is 10.5 Å². The van der Waals surface area contributed by atoms with Gasteiger partial charge < -0.3 is 10.5 Å². The van der Waals surface area contributed by atoms with Gasteiger partial charge in [0.05, 0.1) is 17.1 Å². The number of hydrogen-bond acceptors (Lipinski definition) is 6.